The van der Waals surface area contributed by atoms with E-state index in [0.717, 1.165) is 5.56 Å². The van der Waals surface area contributed by atoms with Crippen LogP contribution in [0.25, 0.3) is 6.08 Å². The normalized spacial score (nSPS) is 10.8. The number of hydrogen-bond donors (Lipinski definition) is 2. The summed E-state index contributed by atoms with van der Waals surface area (Å²) in [6, 6.07) is 19.1. The molecule has 0 spiro atoms. The third-order valence-electron chi connectivity index (χ3n) is 4.68. The summed E-state index contributed by atoms with van der Waals surface area (Å²) < 4.78 is 11.6. The number of rotatable bonds is 8. The largest absolute Gasteiger partial charge is 0.493 e. The van der Waals surface area contributed by atoms with Gasteiger partial charge in [-0.15, -0.1) is 0 Å². The first-order valence-electron chi connectivity index (χ1n) is 10.3. The highest BCUT2D eigenvalue weighted by atomic mass is 79.9. The van der Waals surface area contributed by atoms with Gasteiger partial charge in [0, 0.05) is 16.4 Å². The Balaban J connectivity index is 1.73. The zero-order chi connectivity index (χ0) is 25.4. The Morgan fingerprint density at radius 3 is 2.49 bits per heavy atom. The monoisotopic (exact) mass is 553 g/mol. The molecule has 0 saturated carbocycles. The number of methoxy groups -OCH3 is 1. The number of nitrogens with zero attached hydrogens (tertiary/aromatic N) is 1. The van der Waals surface area contributed by atoms with Gasteiger partial charge in [-0.25, -0.2) is 0 Å². The molecule has 0 aliphatic carbocycles. The van der Waals surface area contributed by atoms with Gasteiger partial charge in [0.05, 0.1) is 11.6 Å². The smallest absolute Gasteiger partial charge is 0.266 e. The molecule has 0 fully saturated rings. The molecular weight excluding hydrogens is 534 g/mol. The first-order chi connectivity index (χ1) is 16.8. The number of anilines is 2. The zero-order valence-corrected chi connectivity index (χ0v) is 21.2. The lowest BCUT2D eigenvalue weighted by molar-refractivity contribution is -0.118. The minimum atomic E-state index is -0.571. The minimum Gasteiger partial charge on any atom is -0.493 e. The Kier molecular flexibility index (Phi) is 8.90. The van der Waals surface area contributed by atoms with Crippen molar-refractivity contribution < 1.29 is 19.1 Å². The van der Waals surface area contributed by atoms with Gasteiger partial charge >= 0.3 is 0 Å². The average Bonchev–Trinajstić information content (AvgIpc) is 2.82. The molecule has 3 aromatic carbocycles. The van der Waals surface area contributed by atoms with Gasteiger partial charge in [0.2, 0.25) is 0 Å². The van der Waals surface area contributed by atoms with Gasteiger partial charge in [0.15, 0.2) is 18.1 Å². The van der Waals surface area contributed by atoms with Crippen LogP contribution in [0, 0.1) is 18.3 Å². The molecule has 0 heterocycles. The van der Waals surface area contributed by atoms with E-state index in [0.29, 0.717) is 37.9 Å². The number of aryl methyl sites for hydroxylation is 1. The second-order valence-corrected chi connectivity index (χ2v) is 8.66. The SMILES string of the molecule is COc1cc(/C=C(\C#N)C(=O)Nc2ccc(Cl)cc2)cc(Br)c1OCC(=O)Nc1cccc(C)c1. The Hall–Kier alpha value is -3.80. The Labute approximate surface area is 216 Å². The molecule has 3 aromatic rings. The molecule has 2 amide bonds. The van der Waals surface area contributed by atoms with Gasteiger partial charge in [-0.1, -0.05) is 23.7 Å². The van der Waals surface area contributed by atoms with Gasteiger partial charge in [0.25, 0.3) is 11.8 Å². The van der Waals surface area contributed by atoms with E-state index < -0.39 is 5.91 Å². The molecular formula is C26H21BrClN3O4. The zero-order valence-electron chi connectivity index (χ0n) is 18.9. The summed E-state index contributed by atoms with van der Waals surface area (Å²) in [5.41, 5.74) is 2.61. The number of nitrogens with one attached hydrogen (secondary N) is 2. The molecule has 0 unspecified atom stereocenters. The van der Waals surface area contributed by atoms with Crippen LogP contribution >= 0.6 is 27.5 Å². The van der Waals surface area contributed by atoms with E-state index in [4.69, 9.17) is 21.1 Å². The highest BCUT2D eigenvalue weighted by Gasteiger charge is 2.15. The molecule has 0 aliphatic rings. The number of carbonyl (C=O) groups is 2. The van der Waals surface area contributed by atoms with Crippen molar-refractivity contribution in [3.63, 3.8) is 0 Å². The van der Waals surface area contributed by atoms with Gasteiger partial charge in [0.1, 0.15) is 11.6 Å². The summed E-state index contributed by atoms with van der Waals surface area (Å²) in [7, 11) is 1.45. The van der Waals surface area contributed by atoms with Crippen LogP contribution in [0.15, 0.2) is 70.7 Å². The molecule has 0 atom stereocenters. The molecule has 2 N–H and O–H groups in total. The minimum absolute atomic E-state index is 0.111. The summed E-state index contributed by atoms with van der Waals surface area (Å²) in [5.74, 6) is -0.269. The molecule has 0 aliphatic heterocycles. The summed E-state index contributed by atoms with van der Waals surface area (Å²) >= 11 is 9.27. The van der Waals surface area contributed by atoms with Gasteiger partial charge in [-0.3, -0.25) is 9.59 Å². The molecule has 0 saturated heterocycles. The van der Waals surface area contributed by atoms with Gasteiger partial charge < -0.3 is 20.1 Å². The van der Waals surface area contributed by atoms with Crippen LogP contribution in [-0.2, 0) is 9.59 Å². The predicted molar refractivity (Wildman–Crippen MR) is 140 cm³/mol. The molecule has 0 aromatic heterocycles. The first-order valence-corrected chi connectivity index (χ1v) is 11.5. The van der Waals surface area contributed by atoms with Crippen LogP contribution in [0.5, 0.6) is 11.5 Å². The highest BCUT2D eigenvalue weighted by molar-refractivity contribution is 9.10. The lowest BCUT2D eigenvalue weighted by Gasteiger charge is -2.14. The van der Waals surface area contributed by atoms with Crippen LogP contribution in [0.4, 0.5) is 11.4 Å². The third kappa shape index (κ3) is 7.34. The molecule has 178 valence electrons. The number of halogens is 2. The fraction of sp³-hybridized carbons (Fsp3) is 0.115. The quantitative estimate of drug-likeness (QED) is 0.263. The second-order valence-electron chi connectivity index (χ2n) is 7.37. The topological polar surface area (TPSA) is 100 Å². The van der Waals surface area contributed by atoms with E-state index >= 15 is 0 Å². The Morgan fingerprint density at radius 1 is 1.09 bits per heavy atom. The van der Waals surface area contributed by atoms with Gasteiger partial charge in [-0.05, 0) is 88.6 Å². The lowest BCUT2D eigenvalue weighted by atomic mass is 10.1. The van der Waals surface area contributed by atoms with E-state index in [2.05, 4.69) is 26.6 Å². The van der Waals surface area contributed by atoms with Crippen molar-refractivity contribution in [2.45, 2.75) is 6.92 Å². The molecule has 35 heavy (non-hydrogen) atoms. The fourth-order valence-corrected chi connectivity index (χ4v) is 3.77. The van der Waals surface area contributed by atoms with Crippen molar-refractivity contribution in [2.24, 2.45) is 0 Å². The van der Waals surface area contributed by atoms with E-state index in [9.17, 15) is 14.9 Å². The van der Waals surface area contributed by atoms with E-state index in [1.54, 1.807) is 42.5 Å². The van der Waals surface area contributed by atoms with Crippen molar-refractivity contribution >= 4 is 56.8 Å². The van der Waals surface area contributed by atoms with Crippen LogP contribution in [-0.4, -0.2) is 25.5 Å². The van der Waals surface area contributed by atoms with Crippen molar-refractivity contribution in [3.8, 4) is 17.6 Å². The third-order valence-corrected chi connectivity index (χ3v) is 5.52. The maximum atomic E-state index is 12.5. The molecule has 9 heteroatoms. The number of amides is 2. The average molecular weight is 555 g/mol. The van der Waals surface area contributed by atoms with Crippen molar-refractivity contribution in [3.05, 3.63) is 86.9 Å². The maximum Gasteiger partial charge on any atom is 0.266 e. The number of ether oxygens (including phenoxy) is 2. The summed E-state index contributed by atoms with van der Waals surface area (Å²) in [5, 5.41) is 15.5. The lowest BCUT2D eigenvalue weighted by Crippen LogP contribution is -2.20. The standard InChI is InChI=1S/C26H21BrClN3O4/c1-16-4-3-5-21(10-16)30-24(32)15-35-25-22(27)12-17(13-23(25)34-2)11-18(14-29)26(33)31-20-8-6-19(28)7-9-20/h3-13H,15H2,1-2H3,(H,30,32)(H,31,33)/b18-11+. The van der Waals surface area contributed by atoms with E-state index in [-0.39, 0.29) is 18.1 Å². The summed E-state index contributed by atoms with van der Waals surface area (Å²) in [6.45, 7) is 1.69. The van der Waals surface area contributed by atoms with E-state index in [1.165, 1.54) is 13.2 Å². The number of benzene rings is 3. The Bertz CT molecular complexity index is 1320. The highest BCUT2D eigenvalue weighted by Crippen LogP contribution is 2.37. The molecule has 0 radical (unpaired) electrons. The van der Waals surface area contributed by atoms with Crippen LogP contribution in [0.2, 0.25) is 5.02 Å². The summed E-state index contributed by atoms with van der Waals surface area (Å²) in [6.07, 6.45) is 1.42. The number of carbonyl (C=O) groups excluding carboxylic acids is 2. The van der Waals surface area contributed by atoms with Crippen molar-refractivity contribution in [1.29, 1.82) is 5.26 Å². The maximum absolute atomic E-state index is 12.5. The fourth-order valence-electron chi connectivity index (χ4n) is 3.07. The van der Waals surface area contributed by atoms with Crippen LogP contribution in [0.3, 0.4) is 0 Å². The number of nitriles is 1. The first kappa shape index (κ1) is 25.8. The second kappa shape index (κ2) is 12.1. The molecule has 0 bridgehead atoms. The molecule has 7 nitrogen and oxygen atoms in total. The van der Waals surface area contributed by atoms with Crippen molar-refractivity contribution in [1.82, 2.24) is 0 Å². The van der Waals surface area contributed by atoms with Crippen LogP contribution in [0.1, 0.15) is 11.1 Å². The Morgan fingerprint density at radius 2 is 1.83 bits per heavy atom. The van der Waals surface area contributed by atoms with Crippen LogP contribution < -0.4 is 20.1 Å². The summed E-state index contributed by atoms with van der Waals surface area (Å²) in [4.78, 5) is 24.9. The van der Waals surface area contributed by atoms with Crippen molar-refractivity contribution in [2.75, 3.05) is 24.4 Å². The number of hydrogen-bond acceptors (Lipinski definition) is 5. The van der Waals surface area contributed by atoms with Gasteiger partial charge in [-0.2, -0.15) is 5.26 Å². The molecule has 3 rings (SSSR count). The predicted octanol–water partition coefficient (Wildman–Crippen LogP) is 5.98. The van der Waals surface area contributed by atoms with E-state index in [1.807, 2.05) is 31.2 Å².